The maximum absolute atomic E-state index is 6.18. The average molecular weight is 510 g/mol. The lowest BCUT2D eigenvalue weighted by molar-refractivity contribution is -0.674. The zero-order valence-corrected chi connectivity index (χ0v) is 20.2. The molecule has 1 aliphatic rings. The summed E-state index contributed by atoms with van der Waals surface area (Å²) < 4.78 is 14.3. The van der Waals surface area contributed by atoms with Gasteiger partial charge in [0.25, 0.3) is 5.52 Å². The SMILES string of the molecule is CCC(=C/c1oc2ccc(Cl)cc2[n+]1CC)/C=C1\Oc2ccc(Cl)cc2N1CC.[Br-]. The molecule has 2 heterocycles. The highest BCUT2D eigenvalue weighted by Gasteiger charge is 2.26. The minimum atomic E-state index is 0. The first-order chi connectivity index (χ1) is 14.0. The number of oxazole rings is 1. The van der Waals surface area contributed by atoms with Gasteiger partial charge in [0, 0.05) is 28.7 Å². The van der Waals surface area contributed by atoms with Crippen LogP contribution in [0.25, 0.3) is 17.2 Å². The molecule has 7 heteroatoms. The van der Waals surface area contributed by atoms with Crippen LogP contribution in [0.1, 0.15) is 33.1 Å². The van der Waals surface area contributed by atoms with E-state index in [0.717, 1.165) is 59.4 Å². The van der Waals surface area contributed by atoms with Crippen LogP contribution in [0.3, 0.4) is 0 Å². The molecule has 0 fully saturated rings. The zero-order chi connectivity index (χ0) is 20.5. The van der Waals surface area contributed by atoms with Gasteiger partial charge in [-0.15, -0.1) is 0 Å². The number of benzene rings is 2. The monoisotopic (exact) mass is 508 g/mol. The molecule has 0 unspecified atom stereocenters. The van der Waals surface area contributed by atoms with Crippen LogP contribution in [0.4, 0.5) is 5.69 Å². The predicted molar refractivity (Wildman–Crippen MR) is 119 cm³/mol. The number of hydrogen-bond acceptors (Lipinski definition) is 3. The van der Waals surface area contributed by atoms with Gasteiger partial charge in [-0.2, -0.15) is 4.57 Å². The molecule has 3 aromatic rings. The third-order valence-electron chi connectivity index (χ3n) is 5.04. The molecule has 4 rings (SSSR count). The summed E-state index contributed by atoms with van der Waals surface area (Å²) in [4.78, 5) is 2.12. The van der Waals surface area contributed by atoms with Crippen LogP contribution in [-0.2, 0) is 6.54 Å². The Bertz CT molecular complexity index is 1140. The lowest BCUT2D eigenvalue weighted by Gasteiger charge is -2.16. The number of aromatic nitrogens is 1. The number of anilines is 1. The molecule has 0 amide bonds. The predicted octanol–water partition coefficient (Wildman–Crippen LogP) is 3.60. The lowest BCUT2D eigenvalue weighted by Crippen LogP contribution is -3.00. The van der Waals surface area contributed by atoms with Gasteiger partial charge < -0.3 is 31.0 Å². The Labute approximate surface area is 197 Å². The molecule has 1 aliphatic heterocycles. The lowest BCUT2D eigenvalue weighted by atomic mass is 10.2. The number of aryl methyl sites for hydroxylation is 1. The van der Waals surface area contributed by atoms with Crippen molar-refractivity contribution >= 4 is 46.1 Å². The number of hydrogen-bond donors (Lipinski definition) is 0. The normalized spacial score (nSPS) is 14.8. The number of nitrogens with zero attached hydrogens (tertiary/aromatic N) is 2. The highest BCUT2D eigenvalue weighted by molar-refractivity contribution is 6.31. The molecule has 0 spiro atoms. The standard InChI is InChI=1S/C23H23Cl2N2O2.BrH/c1-4-15(11-22-26(5-2)18-13-16(24)7-9-20(18)28-22)12-23-27(6-3)19-14-17(25)8-10-21(19)29-23;/h7-14H,4-6H2,1-3H3;1H/q+1;/p-1. The van der Waals surface area contributed by atoms with Crippen molar-refractivity contribution in [2.45, 2.75) is 33.7 Å². The van der Waals surface area contributed by atoms with Crippen LogP contribution >= 0.6 is 23.2 Å². The first-order valence-electron chi connectivity index (χ1n) is 9.83. The molecule has 0 atom stereocenters. The van der Waals surface area contributed by atoms with Crippen molar-refractivity contribution in [3.63, 3.8) is 0 Å². The van der Waals surface area contributed by atoms with Gasteiger partial charge in [0.2, 0.25) is 11.5 Å². The molecule has 158 valence electrons. The number of fused-ring (bicyclic) bond motifs is 2. The van der Waals surface area contributed by atoms with E-state index in [-0.39, 0.29) is 17.0 Å². The first-order valence-corrected chi connectivity index (χ1v) is 10.6. The van der Waals surface area contributed by atoms with Gasteiger partial charge in [0.1, 0.15) is 6.54 Å². The van der Waals surface area contributed by atoms with Crippen molar-refractivity contribution in [1.82, 2.24) is 0 Å². The summed E-state index contributed by atoms with van der Waals surface area (Å²) in [5.41, 5.74) is 3.90. The summed E-state index contributed by atoms with van der Waals surface area (Å²) in [6, 6.07) is 11.4. The minimum Gasteiger partial charge on any atom is -1.00 e. The van der Waals surface area contributed by atoms with E-state index in [4.69, 9.17) is 32.4 Å². The van der Waals surface area contributed by atoms with Crippen molar-refractivity contribution in [2.75, 3.05) is 11.4 Å². The minimum absolute atomic E-state index is 0. The van der Waals surface area contributed by atoms with Gasteiger partial charge in [0.15, 0.2) is 5.75 Å². The Morgan fingerprint density at radius 1 is 1.07 bits per heavy atom. The van der Waals surface area contributed by atoms with E-state index in [1.807, 2.05) is 36.4 Å². The maximum Gasteiger partial charge on any atom is 0.374 e. The van der Waals surface area contributed by atoms with Crippen LogP contribution in [0.5, 0.6) is 5.75 Å². The fourth-order valence-electron chi connectivity index (χ4n) is 3.58. The van der Waals surface area contributed by atoms with Crippen molar-refractivity contribution < 1.29 is 30.7 Å². The molecule has 0 saturated heterocycles. The van der Waals surface area contributed by atoms with Crippen molar-refractivity contribution in [3.05, 3.63) is 69.9 Å². The Hall–Kier alpha value is -1.95. The molecule has 2 aromatic carbocycles. The van der Waals surface area contributed by atoms with E-state index in [1.165, 1.54) is 0 Å². The second kappa shape index (κ2) is 9.46. The van der Waals surface area contributed by atoms with Crippen molar-refractivity contribution in [2.24, 2.45) is 0 Å². The smallest absolute Gasteiger partial charge is 0.374 e. The molecule has 1 aromatic heterocycles. The second-order valence-corrected chi connectivity index (χ2v) is 7.68. The molecule has 0 aliphatic carbocycles. The van der Waals surface area contributed by atoms with Crippen LogP contribution in [-0.4, -0.2) is 6.54 Å². The summed E-state index contributed by atoms with van der Waals surface area (Å²) in [6.07, 6.45) is 4.97. The summed E-state index contributed by atoms with van der Waals surface area (Å²) in [5, 5.41) is 1.39. The van der Waals surface area contributed by atoms with E-state index < -0.39 is 0 Å². The van der Waals surface area contributed by atoms with Crippen molar-refractivity contribution in [1.29, 1.82) is 0 Å². The quantitative estimate of drug-likeness (QED) is 0.492. The van der Waals surface area contributed by atoms with Crippen LogP contribution in [0.2, 0.25) is 10.0 Å². The number of allylic oxidation sites excluding steroid dienone is 2. The largest absolute Gasteiger partial charge is 1.00 e. The Balaban J connectivity index is 0.00000256. The molecule has 0 bridgehead atoms. The van der Waals surface area contributed by atoms with Gasteiger partial charge in [-0.1, -0.05) is 30.1 Å². The highest BCUT2D eigenvalue weighted by atomic mass is 79.9. The number of halogens is 3. The third-order valence-corrected chi connectivity index (χ3v) is 5.51. The maximum atomic E-state index is 6.18. The Morgan fingerprint density at radius 3 is 2.50 bits per heavy atom. The second-order valence-electron chi connectivity index (χ2n) is 6.81. The molecule has 4 nitrogen and oxygen atoms in total. The van der Waals surface area contributed by atoms with E-state index >= 15 is 0 Å². The van der Waals surface area contributed by atoms with Gasteiger partial charge >= 0.3 is 5.89 Å². The van der Waals surface area contributed by atoms with Crippen LogP contribution in [0.15, 0.2) is 58.3 Å². The van der Waals surface area contributed by atoms with Crippen LogP contribution < -0.4 is 31.2 Å². The van der Waals surface area contributed by atoms with E-state index in [9.17, 15) is 0 Å². The van der Waals surface area contributed by atoms with Gasteiger partial charge in [0.05, 0.1) is 11.8 Å². The summed E-state index contributed by atoms with van der Waals surface area (Å²) in [7, 11) is 0. The Morgan fingerprint density at radius 2 is 1.80 bits per heavy atom. The van der Waals surface area contributed by atoms with Gasteiger partial charge in [-0.3, -0.25) is 0 Å². The molecule has 0 radical (unpaired) electrons. The highest BCUT2D eigenvalue weighted by Crippen LogP contribution is 2.40. The third kappa shape index (κ3) is 4.25. The fraction of sp³-hybridized carbons (Fsp3) is 0.261. The fourth-order valence-corrected chi connectivity index (χ4v) is 3.91. The van der Waals surface area contributed by atoms with E-state index in [0.29, 0.717) is 10.0 Å². The topological polar surface area (TPSA) is 29.5 Å². The van der Waals surface area contributed by atoms with Gasteiger partial charge in [-0.05, 0) is 56.2 Å². The zero-order valence-electron chi connectivity index (χ0n) is 17.1. The molecule has 0 saturated carbocycles. The van der Waals surface area contributed by atoms with E-state index in [2.05, 4.69) is 42.4 Å². The number of ether oxygens (including phenoxy) is 1. The molecular formula is C23H23BrCl2N2O2. The first kappa shape index (κ1) is 22.7. The molecule has 0 N–H and O–H groups in total. The summed E-state index contributed by atoms with van der Waals surface area (Å²) >= 11 is 12.4. The Kier molecular flexibility index (Phi) is 7.17. The average Bonchev–Trinajstić information content (AvgIpc) is 3.23. The summed E-state index contributed by atoms with van der Waals surface area (Å²) in [6.45, 7) is 7.88. The van der Waals surface area contributed by atoms with Crippen molar-refractivity contribution in [3.8, 4) is 5.75 Å². The van der Waals surface area contributed by atoms with Gasteiger partial charge in [-0.25, -0.2) is 0 Å². The van der Waals surface area contributed by atoms with E-state index in [1.54, 1.807) is 0 Å². The number of rotatable bonds is 5. The summed E-state index contributed by atoms with van der Waals surface area (Å²) in [5.74, 6) is 2.40. The van der Waals surface area contributed by atoms with Crippen LogP contribution in [0, 0.1) is 0 Å². The molecular weight excluding hydrogens is 487 g/mol. The molecule has 30 heavy (non-hydrogen) atoms.